The maximum Gasteiger partial charge on any atom is 0.278 e. The second-order valence-corrected chi connectivity index (χ2v) is 6.99. The van der Waals surface area contributed by atoms with Gasteiger partial charge in [-0.25, -0.2) is 0 Å². The van der Waals surface area contributed by atoms with Gasteiger partial charge in [-0.2, -0.15) is 0 Å². The third-order valence-corrected chi connectivity index (χ3v) is 4.75. The van der Waals surface area contributed by atoms with Crippen LogP contribution >= 0.6 is 11.6 Å². The Morgan fingerprint density at radius 3 is 2.56 bits per heavy atom. The van der Waals surface area contributed by atoms with Crippen LogP contribution in [0.1, 0.15) is 31.0 Å². The largest absolute Gasteiger partial charge is 0.333 e. The van der Waals surface area contributed by atoms with Gasteiger partial charge in [-0.15, -0.1) is 0 Å². The van der Waals surface area contributed by atoms with Crippen molar-refractivity contribution in [2.75, 3.05) is 25.0 Å². The van der Waals surface area contributed by atoms with E-state index in [1.807, 2.05) is 55.6 Å². The number of amides is 2. The summed E-state index contributed by atoms with van der Waals surface area (Å²) in [5.41, 5.74) is 2.76. The fourth-order valence-corrected chi connectivity index (χ4v) is 2.94. The van der Waals surface area contributed by atoms with Crippen LogP contribution in [0.2, 0.25) is 5.02 Å². The first-order chi connectivity index (χ1) is 12.9. The second-order valence-electron chi connectivity index (χ2n) is 6.55. The maximum absolute atomic E-state index is 12.5. The SMILES string of the molecule is CCN(CC(=O)Nc1cc(Cl)ccc1C)C(=O)C[NH2+][C@@H](C)c1ccccc1. The number of rotatable bonds is 8. The van der Waals surface area contributed by atoms with Crippen LogP contribution in [0.25, 0.3) is 0 Å². The number of hydrogen-bond donors (Lipinski definition) is 2. The lowest BCUT2D eigenvalue weighted by molar-refractivity contribution is -0.683. The van der Waals surface area contributed by atoms with Crippen molar-refractivity contribution in [3.8, 4) is 0 Å². The van der Waals surface area contributed by atoms with Crippen molar-refractivity contribution in [2.45, 2.75) is 26.8 Å². The van der Waals surface area contributed by atoms with Crippen LogP contribution in [0, 0.1) is 6.92 Å². The average molecular weight is 389 g/mol. The quantitative estimate of drug-likeness (QED) is 0.730. The zero-order chi connectivity index (χ0) is 19.8. The smallest absolute Gasteiger partial charge is 0.278 e. The van der Waals surface area contributed by atoms with Crippen LogP contribution in [-0.4, -0.2) is 36.3 Å². The summed E-state index contributed by atoms with van der Waals surface area (Å²) < 4.78 is 0. The van der Waals surface area contributed by atoms with Gasteiger partial charge >= 0.3 is 0 Å². The summed E-state index contributed by atoms with van der Waals surface area (Å²) in [6, 6.07) is 15.6. The number of aryl methyl sites for hydroxylation is 1. The first-order valence-electron chi connectivity index (χ1n) is 9.12. The van der Waals surface area contributed by atoms with Crippen molar-refractivity contribution in [3.63, 3.8) is 0 Å². The molecule has 0 unspecified atom stereocenters. The highest BCUT2D eigenvalue weighted by molar-refractivity contribution is 6.31. The van der Waals surface area contributed by atoms with Gasteiger partial charge in [0.25, 0.3) is 5.91 Å². The molecule has 1 atom stereocenters. The Morgan fingerprint density at radius 1 is 1.19 bits per heavy atom. The predicted molar refractivity (Wildman–Crippen MR) is 109 cm³/mol. The number of carbonyl (C=O) groups excluding carboxylic acids is 2. The highest BCUT2D eigenvalue weighted by Crippen LogP contribution is 2.20. The van der Waals surface area contributed by atoms with E-state index in [4.69, 9.17) is 11.6 Å². The molecule has 0 spiro atoms. The molecule has 3 N–H and O–H groups in total. The Morgan fingerprint density at radius 2 is 1.89 bits per heavy atom. The van der Waals surface area contributed by atoms with Gasteiger partial charge in [-0.05, 0) is 38.5 Å². The van der Waals surface area contributed by atoms with Crippen LogP contribution in [0.5, 0.6) is 0 Å². The second kappa shape index (κ2) is 10.1. The van der Waals surface area contributed by atoms with E-state index in [0.29, 0.717) is 23.8 Å². The third kappa shape index (κ3) is 6.38. The number of likely N-dealkylation sites (N-methyl/N-ethyl adjacent to an activating group) is 1. The van der Waals surface area contributed by atoms with E-state index >= 15 is 0 Å². The Hall–Kier alpha value is -2.37. The third-order valence-electron chi connectivity index (χ3n) is 4.51. The summed E-state index contributed by atoms with van der Waals surface area (Å²) in [5.74, 6) is -0.287. The maximum atomic E-state index is 12.5. The summed E-state index contributed by atoms with van der Waals surface area (Å²) in [6.45, 7) is 6.63. The molecular formula is C21H27ClN3O2+. The lowest BCUT2D eigenvalue weighted by Gasteiger charge is -2.21. The molecule has 0 saturated carbocycles. The fraction of sp³-hybridized carbons (Fsp3) is 0.333. The molecule has 0 aliphatic rings. The topological polar surface area (TPSA) is 66.0 Å². The summed E-state index contributed by atoms with van der Waals surface area (Å²) in [4.78, 5) is 26.4. The number of nitrogens with zero attached hydrogens (tertiary/aromatic N) is 1. The molecule has 0 heterocycles. The molecule has 6 heteroatoms. The molecule has 0 radical (unpaired) electrons. The van der Waals surface area contributed by atoms with E-state index in [-0.39, 0.29) is 24.4 Å². The molecule has 0 fully saturated rings. The molecule has 2 aromatic rings. The van der Waals surface area contributed by atoms with Crippen molar-refractivity contribution < 1.29 is 14.9 Å². The molecular weight excluding hydrogens is 362 g/mol. The van der Waals surface area contributed by atoms with Crippen molar-refractivity contribution in [1.82, 2.24) is 4.90 Å². The molecule has 2 rings (SSSR count). The molecule has 2 aromatic carbocycles. The average Bonchev–Trinajstić information content (AvgIpc) is 2.67. The van der Waals surface area contributed by atoms with Gasteiger partial charge in [0.05, 0.1) is 0 Å². The standard InChI is InChI=1S/C21H26ClN3O2/c1-4-25(14-20(26)24-19-12-18(22)11-10-15(19)2)21(27)13-23-16(3)17-8-6-5-7-9-17/h5-12,16,23H,4,13-14H2,1-3H3,(H,24,26)/p+1/t16-/m0/s1. The monoisotopic (exact) mass is 388 g/mol. The first kappa shape index (κ1) is 20.9. The molecule has 2 amide bonds. The molecule has 5 nitrogen and oxygen atoms in total. The van der Waals surface area contributed by atoms with E-state index in [2.05, 4.69) is 12.2 Å². The normalized spacial score (nSPS) is 11.7. The van der Waals surface area contributed by atoms with Crippen LogP contribution in [-0.2, 0) is 9.59 Å². The number of nitrogens with two attached hydrogens (primary N) is 1. The van der Waals surface area contributed by atoms with Gasteiger partial charge in [0.2, 0.25) is 5.91 Å². The number of benzene rings is 2. The van der Waals surface area contributed by atoms with Crippen molar-refractivity contribution in [3.05, 3.63) is 64.7 Å². The van der Waals surface area contributed by atoms with E-state index in [9.17, 15) is 9.59 Å². The minimum atomic E-state index is -0.230. The van der Waals surface area contributed by atoms with Crippen LogP contribution < -0.4 is 10.6 Å². The predicted octanol–water partition coefficient (Wildman–Crippen LogP) is 2.76. The molecule has 0 bridgehead atoms. The van der Waals surface area contributed by atoms with E-state index in [1.54, 1.807) is 17.0 Å². The lowest BCUT2D eigenvalue weighted by Crippen LogP contribution is -2.87. The number of nitrogens with one attached hydrogen (secondary N) is 1. The molecule has 27 heavy (non-hydrogen) atoms. The molecule has 0 saturated heterocycles. The Bertz CT molecular complexity index is 780. The zero-order valence-electron chi connectivity index (χ0n) is 16.0. The number of halogens is 1. The van der Waals surface area contributed by atoms with Crippen LogP contribution in [0.15, 0.2) is 48.5 Å². The van der Waals surface area contributed by atoms with Gasteiger partial charge in [0.1, 0.15) is 12.6 Å². The van der Waals surface area contributed by atoms with Crippen molar-refractivity contribution in [1.29, 1.82) is 0 Å². The van der Waals surface area contributed by atoms with Crippen molar-refractivity contribution in [2.24, 2.45) is 0 Å². The minimum Gasteiger partial charge on any atom is -0.333 e. The van der Waals surface area contributed by atoms with Crippen LogP contribution in [0.3, 0.4) is 0 Å². The molecule has 0 aromatic heterocycles. The summed E-state index contributed by atoms with van der Waals surface area (Å²) in [6.07, 6.45) is 0. The summed E-state index contributed by atoms with van der Waals surface area (Å²) in [7, 11) is 0. The van der Waals surface area contributed by atoms with Gasteiger partial charge in [0.15, 0.2) is 6.54 Å². The van der Waals surface area contributed by atoms with Gasteiger partial charge < -0.3 is 15.5 Å². The number of hydrogen-bond acceptors (Lipinski definition) is 2. The Balaban J connectivity index is 1.88. The number of anilines is 1. The highest BCUT2D eigenvalue weighted by atomic mass is 35.5. The fourth-order valence-electron chi connectivity index (χ4n) is 2.77. The van der Waals surface area contributed by atoms with E-state index in [1.165, 1.54) is 5.56 Å². The van der Waals surface area contributed by atoms with Gasteiger partial charge in [-0.3, -0.25) is 9.59 Å². The first-order valence-corrected chi connectivity index (χ1v) is 9.50. The lowest BCUT2D eigenvalue weighted by atomic mass is 10.1. The van der Waals surface area contributed by atoms with Gasteiger partial charge in [-0.1, -0.05) is 48.0 Å². The molecule has 0 aliphatic heterocycles. The summed E-state index contributed by atoms with van der Waals surface area (Å²) >= 11 is 5.99. The molecule has 0 aliphatic carbocycles. The highest BCUT2D eigenvalue weighted by Gasteiger charge is 2.19. The minimum absolute atomic E-state index is 0.0227. The number of carbonyl (C=O) groups is 2. The summed E-state index contributed by atoms with van der Waals surface area (Å²) in [5, 5.41) is 5.38. The van der Waals surface area contributed by atoms with E-state index < -0.39 is 0 Å². The van der Waals surface area contributed by atoms with Gasteiger partial charge in [0, 0.05) is 22.8 Å². The van der Waals surface area contributed by atoms with E-state index in [0.717, 1.165) is 5.56 Å². The molecule has 144 valence electrons. The zero-order valence-corrected chi connectivity index (χ0v) is 16.8. The number of quaternary nitrogens is 1. The Labute approximate surface area is 165 Å². The van der Waals surface area contributed by atoms with Crippen molar-refractivity contribution >= 4 is 29.1 Å². The van der Waals surface area contributed by atoms with Crippen LogP contribution in [0.4, 0.5) is 5.69 Å². The Kier molecular flexibility index (Phi) is 7.82.